The number of carbonyl (C=O) groups is 1. The molecule has 31 heavy (non-hydrogen) atoms. The van der Waals surface area contributed by atoms with Crippen molar-refractivity contribution in [1.29, 1.82) is 0 Å². The van der Waals surface area contributed by atoms with Crippen LogP contribution in [0.4, 0.5) is 0 Å². The molecule has 8 nitrogen and oxygen atoms in total. The van der Waals surface area contributed by atoms with Crippen LogP contribution >= 0.6 is 0 Å². The number of morpholine rings is 1. The minimum absolute atomic E-state index is 0.00653. The summed E-state index contributed by atoms with van der Waals surface area (Å²) in [6.07, 6.45) is 4.43. The van der Waals surface area contributed by atoms with Gasteiger partial charge in [0.2, 0.25) is 0 Å². The molecule has 0 radical (unpaired) electrons. The molecule has 0 atom stereocenters. The summed E-state index contributed by atoms with van der Waals surface area (Å²) < 4.78 is 10.6. The molecule has 1 amide bonds. The van der Waals surface area contributed by atoms with Crippen molar-refractivity contribution < 1.29 is 14.1 Å². The van der Waals surface area contributed by atoms with Gasteiger partial charge in [0.05, 0.1) is 13.2 Å². The fourth-order valence-corrected chi connectivity index (χ4v) is 3.62. The van der Waals surface area contributed by atoms with Gasteiger partial charge in [-0.3, -0.25) is 14.7 Å². The summed E-state index contributed by atoms with van der Waals surface area (Å²) in [6.45, 7) is 7.44. The number of benzene rings is 1. The maximum Gasteiger partial charge on any atom is 0.257 e. The predicted molar refractivity (Wildman–Crippen MR) is 115 cm³/mol. The Morgan fingerprint density at radius 3 is 2.52 bits per heavy atom. The lowest BCUT2D eigenvalue weighted by Crippen LogP contribution is -2.39. The second-order valence-corrected chi connectivity index (χ2v) is 7.61. The van der Waals surface area contributed by atoms with Crippen molar-refractivity contribution in [1.82, 2.24) is 24.9 Å². The fraction of sp³-hybridized carbons (Fsp3) is 0.391. The summed E-state index contributed by atoms with van der Waals surface area (Å²) >= 11 is 0. The Morgan fingerprint density at radius 1 is 1.10 bits per heavy atom. The average Bonchev–Trinajstić information content (AvgIpc) is 3.26. The molecule has 2 aromatic heterocycles. The molecule has 4 rings (SSSR count). The lowest BCUT2D eigenvalue weighted by Gasteiger charge is -2.28. The third-order valence-electron chi connectivity index (χ3n) is 5.32. The first-order chi connectivity index (χ1) is 15.2. The van der Waals surface area contributed by atoms with E-state index in [1.54, 1.807) is 19.3 Å². The Morgan fingerprint density at radius 2 is 1.84 bits per heavy atom. The highest BCUT2D eigenvalue weighted by molar-refractivity contribution is 5.94. The lowest BCUT2D eigenvalue weighted by atomic mass is 10.1. The van der Waals surface area contributed by atoms with Crippen molar-refractivity contribution in [3.63, 3.8) is 0 Å². The molecule has 0 N–H and O–H groups in total. The highest BCUT2D eigenvalue weighted by atomic mass is 16.5. The van der Waals surface area contributed by atoms with Gasteiger partial charge in [0.15, 0.2) is 5.82 Å². The number of pyridine rings is 1. The Kier molecular flexibility index (Phi) is 7.01. The van der Waals surface area contributed by atoms with Gasteiger partial charge in [-0.15, -0.1) is 0 Å². The summed E-state index contributed by atoms with van der Waals surface area (Å²) in [6, 6.07) is 11.2. The second-order valence-electron chi connectivity index (χ2n) is 7.61. The molecule has 3 aromatic rings. The zero-order chi connectivity index (χ0) is 21.5. The van der Waals surface area contributed by atoms with Crippen molar-refractivity contribution in [3.05, 3.63) is 65.7 Å². The van der Waals surface area contributed by atoms with E-state index in [4.69, 9.17) is 9.26 Å². The van der Waals surface area contributed by atoms with Crippen LogP contribution in [-0.4, -0.2) is 70.2 Å². The number of hydrogen-bond acceptors (Lipinski definition) is 7. The van der Waals surface area contributed by atoms with Crippen LogP contribution in [0.2, 0.25) is 0 Å². The molecule has 162 valence electrons. The molecule has 0 spiro atoms. The second kappa shape index (κ2) is 10.3. The van der Waals surface area contributed by atoms with Gasteiger partial charge in [-0.1, -0.05) is 5.16 Å². The SMILES string of the molecule is Cc1noc(-c2ccc(C(=O)N(CCCN3CCOCC3)Cc3ccncc3)cc2)n1. The number of aromatic nitrogens is 3. The van der Waals surface area contributed by atoms with E-state index in [0.29, 0.717) is 30.4 Å². The number of amides is 1. The minimum atomic E-state index is 0.00653. The molecule has 1 aliphatic rings. The minimum Gasteiger partial charge on any atom is -0.379 e. The summed E-state index contributed by atoms with van der Waals surface area (Å²) in [7, 11) is 0. The lowest BCUT2D eigenvalue weighted by molar-refractivity contribution is 0.0355. The third-order valence-corrected chi connectivity index (χ3v) is 5.32. The van der Waals surface area contributed by atoms with E-state index >= 15 is 0 Å². The van der Waals surface area contributed by atoms with E-state index in [2.05, 4.69) is 20.0 Å². The zero-order valence-corrected chi connectivity index (χ0v) is 17.7. The molecule has 0 aliphatic carbocycles. The molecule has 0 unspecified atom stereocenters. The van der Waals surface area contributed by atoms with Crippen LogP contribution in [0.15, 0.2) is 53.3 Å². The number of carbonyl (C=O) groups excluding carboxylic acids is 1. The molecular formula is C23H27N5O3. The maximum absolute atomic E-state index is 13.3. The Balaban J connectivity index is 1.44. The third kappa shape index (κ3) is 5.74. The van der Waals surface area contributed by atoms with E-state index in [0.717, 1.165) is 50.4 Å². The van der Waals surface area contributed by atoms with E-state index < -0.39 is 0 Å². The van der Waals surface area contributed by atoms with E-state index in [1.807, 2.05) is 41.3 Å². The fourth-order valence-electron chi connectivity index (χ4n) is 3.62. The number of hydrogen-bond donors (Lipinski definition) is 0. The molecule has 1 saturated heterocycles. The van der Waals surface area contributed by atoms with E-state index in [-0.39, 0.29) is 5.91 Å². The molecule has 8 heteroatoms. The summed E-state index contributed by atoms with van der Waals surface area (Å²) in [5.41, 5.74) is 2.50. The van der Waals surface area contributed by atoms with Crippen LogP contribution in [0.3, 0.4) is 0 Å². The van der Waals surface area contributed by atoms with Gasteiger partial charge >= 0.3 is 0 Å². The number of aryl methyl sites for hydroxylation is 1. The normalized spacial score (nSPS) is 14.5. The molecular weight excluding hydrogens is 394 g/mol. The van der Waals surface area contributed by atoms with Gasteiger partial charge in [0.25, 0.3) is 11.8 Å². The van der Waals surface area contributed by atoms with Gasteiger partial charge in [0, 0.05) is 56.2 Å². The average molecular weight is 422 g/mol. The predicted octanol–water partition coefficient (Wildman–Crippen LogP) is 2.80. The molecule has 0 bridgehead atoms. The van der Waals surface area contributed by atoms with Crippen LogP contribution in [0.5, 0.6) is 0 Å². The van der Waals surface area contributed by atoms with Crippen molar-refractivity contribution in [2.24, 2.45) is 0 Å². The summed E-state index contributed by atoms with van der Waals surface area (Å²) in [4.78, 5) is 25.9. The Hall–Kier alpha value is -3.10. The van der Waals surface area contributed by atoms with Gasteiger partial charge in [0.1, 0.15) is 0 Å². The van der Waals surface area contributed by atoms with Crippen molar-refractivity contribution in [2.75, 3.05) is 39.4 Å². The van der Waals surface area contributed by atoms with Crippen molar-refractivity contribution in [3.8, 4) is 11.5 Å². The Labute approximate surface area is 181 Å². The highest BCUT2D eigenvalue weighted by Crippen LogP contribution is 2.19. The molecule has 3 heterocycles. The molecule has 0 saturated carbocycles. The molecule has 1 aromatic carbocycles. The largest absolute Gasteiger partial charge is 0.379 e. The van der Waals surface area contributed by atoms with Gasteiger partial charge in [-0.2, -0.15) is 4.98 Å². The van der Waals surface area contributed by atoms with Crippen LogP contribution in [0, 0.1) is 6.92 Å². The van der Waals surface area contributed by atoms with Crippen molar-refractivity contribution >= 4 is 5.91 Å². The number of rotatable bonds is 8. The molecule has 1 fully saturated rings. The van der Waals surface area contributed by atoms with Crippen LogP contribution in [0.25, 0.3) is 11.5 Å². The quantitative estimate of drug-likeness (QED) is 0.553. The smallest absolute Gasteiger partial charge is 0.257 e. The molecule has 1 aliphatic heterocycles. The topological polar surface area (TPSA) is 84.6 Å². The summed E-state index contributed by atoms with van der Waals surface area (Å²) in [5, 5.41) is 3.82. The monoisotopic (exact) mass is 421 g/mol. The number of nitrogens with zero attached hydrogens (tertiary/aromatic N) is 5. The van der Waals surface area contributed by atoms with Gasteiger partial charge < -0.3 is 14.2 Å². The summed E-state index contributed by atoms with van der Waals surface area (Å²) in [5.74, 6) is 1.04. The first-order valence-electron chi connectivity index (χ1n) is 10.6. The van der Waals surface area contributed by atoms with Gasteiger partial charge in [-0.25, -0.2) is 0 Å². The van der Waals surface area contributed by atoms with Crippen molar-refractivity contribution in [2.45, 2.75) is 19.9 Å². The highest BCUT2D eigenvalue weighted by Gasteiger charge is 2.18. The first-order valence-corrected chi connectivity index (χ1v) is 10.6. The maximum atomic E-state index is 13.3. The first kappa shape index (κ1) is 21.1. The van der Waals surface area contributed by atoms with Crippen LogP contribution < -0.4 is 0 Å². The van der Waals surface area contributed by atoms with E-state index in [9.17, 15) is 4.79 Å². The van der Waals surface area contributed by atoms with Crippen LogP contribution in [-0.2, 0) is 11.3 Å². The Bertz CT molecular complexity index is 968. The van der Waals surface area contributed by atoms with E-state index in [1.165, 1.54) is 0 Å². The van der Waals surface area contributed by atoms with Gasteiger partial charge in [-0.05, 0) is 55.3 Å². The van der Waals surface area contributed by atoms with Crippen LogP contribution in [0.1, 0.15) is 28.2 Å². The number of ether oxygens (including phenoxy) is 1. The standard InChI is InChI=1S/C23H27N5O3/c1-18-25-22(31-26-18)20-3-5-21(6-4-20)23(29)28(17-19-7-9-24-10-8-19)12-2-11-27-13-15-30-16-14-27/h3-10H,2,11-17H2,1H3. The zero-order valence-electron chi connectivity index (χ0n) is 17.7.